The van der Waals surface area contributed by atoms with Crippen molar-refractivity contribution in [3.8, 4) is 0 Å². The molecule has 0 aliphatic carbocycles. The normalized spacial score (nSPS) is 16.6. The molecule has 1 aromatic rings. The Bertz CT molecular complexity index is 563. The molecule has 1 heterocycles. The first-order chi connectivity index (χ1) is 9.18. The van der Waals surface area contributed by atoms with Gasteiger partial charge in [0.1, 0.15) is 4.21 Å². The summed E-state index contributed by atoms with van der Waals surface area (Å²) in [6, 6.07) is 1.75. The molecule has 0 aromatic carbocycles. The summed E-state index contributed by atoms with van der Waals surface area (Å²) in [6.07, 6.45) is 0.643. The molecule has 3 N–H and O–H groups in total. The van der Waals surface area contributed by atoms with Gasteiger partial charge in [0.15, 0.2) is 0 Å². The Hall–Kier alpha value is -0.690. The second-order valence-electron chi connectivity index (χ2n) is 5.35. The van der Waals surface area contributed by atoms with Crippen molar-refractivity contribution < 1.29 is 13.5 Å². The Labute approximate surface area is 125 Å². The van der Waals surface area contributed by atoms with Crippen LogP contribution in [0.5, 0.6) is 0 Å². The lowest BCUT2D eigenvalue weighted by molar-refractivity contribution is 0.116. The third-order valence-electron chi connectivity index (χ3n) is 3.51. The molecule has 4 nitrogen and oxygen atoms in total. The molecule has 0 aliphatic rings. The van der Waals surface area contributed by atoms with E-state index >= 15 is 0 Å². The predicted molar refractivity (Wildman–Crippen MR) is 83.3 cm³/mol. The van der Waals surface area contributed by atoms with E-state index in [9.17, 15) is 13.5 Å². The first-order valence-corrected chi connectivity index (χ1v) is 9.03. The van der Waals surface area contributed by atoms with Crippen molar-refractivity contribution in [2.24, 2.45) is 11.1 Å². The quantitative estimate of drug-likeness (QED) is 0.759. The van der Waals surface area contributed by atoms with Crippen LogP contribution in [0.25, 0.3) is 0 Å². The van der Waals surface area contributed by atoms with Crippen LogP contribution in [-0.2, 0) is 10.0 Å². The number of nitrogens with two attached hydrogens (primary N) is 1. The van der Waals surface area contributed by atoms with Crippen molar-refractivity contribution in [2.75, 3.05) is 0 Å². The van der Waals surface area contributed by atoms with Crippen molar-refractivity contribution >= 4 is 21.4 Å². The summed E-state index contributed by atoms with van der Waals surface area (Å²) < 4.78 is 23.5. The van der Waals surface area contributed by atoms with Gasteiger partial charge in [0.2, 0.25) is 10.0 Å². The summed E-state index contributed by atoms with van der Waals surface area (Å²) in [5, 5.41) is 17.4. The number of rotatable bonds is 7. The third-order valence-corrected chi connectivity index (χ3v) is 5.97. The van der Waals surface area contributed by atoms with E-state index in [0.717, 1.165) is 23.3 Å². The van der Waals surface area contributed by atoms with Crippen molar-refractivity contribution in [3.63, 3.8) is 0 Å². The molecule has 0 unspecified atom stereocenters. The maximum absolute atomic E-state index is 11.7. The zero-order valence-corrected chi connectivity index (χ0v) is 13.8. The van der Waals surface area contributed by atoms with Crippen molar-refractivity contribution in [2.45, 2.75) is 49.8 Å². The number of hydrogen-bond acceptors (Lipinski definition) is 4. The van der Waals surface area contributed by atoms with Gasteiger partial charge < -0.3 is 5.11 Å². The minimum atomic E-state index is -3.75. The summed E-state index contributed by atoms with van der Waals surface area (Å²) in [5.41, 5.74) is 1.50. The predicted octanol–water partition coefficient (Wildman–Crippen LogP) is 2.85. The number of aliphatic hydroxyl groups is 1. The summed E-state index contributed by atoms with van der Waals surface area (Å²) >= 11 is 1.10. The lowest BCUT2D eigenvalue weighted by Crippen LogP contribution is -2.26. The minimum Gasteiger partial charge on any atom is -0.392 e. The Kier molecular flexibility index (Phi) is 5.94. The van der Waals surface area contributed by atoms with Crippen LogP contribution in [0.3, 0.4) is 0 Å². The maximum atomic E-state index is 11.7. The summed E-state index contributed by atoms with van der Waals surface area (Å²) in [6.45, 7) is 9.70. The topological polar surface area (TPSA) is 80.4 Å². The van der Waals surface area contributed by atoms with Gasteiger partial charge in [-0.3, -0.25) is 0 Å². The number of sulfonamides is 1. The highest BCUT2D eigenvalue weighted by Gasteiger charge is 2.31. The first-order valence-electron chi connectivity index (χ1n) is 6.61. The largest absolute Gasteiger partial charge is 0.392 e. The molecule has 0 saturated heterocycles. The molecule has 1 aromatic heterocycles. The fourth-order valence-electron chi connectivity index (χ4n) is 2.41. The van der Waals surface area contributed by atoms with Gasteiger partial charge in [-0.05, 0) is 36.3 Å². The molecule has 0 spiro atoms. The lowest BCUT2D eigenvalue weighted by Gasteiger charge is -2.28. The SMILES string of the molecule is C=C(C)C[C@H](O)[C@H](c1ccsc1S(N)(=O)=O)[C@@H](C)CC. The molecule has 0 bridgehead atoms. The Morgan fingerprint density at radius 3 is 2.60 bits per heavy atom. The number of aliphatic hydroxyl groups excluding tert-OH is 1. The van der Waals surface area contributed by atoms with Gasteiger partial charge in [-0.25, -0.2) is 13.6 Å². The highest BCUT2D eigenvalue weighted by molar-refractivity contribution is 7.91. The Morgan fingerprint density at radius 1 is 1.55 bits per heavy atom. The maximum Gasteiger partial charge on any atom is 0.247 e. The number of hydrogen-bond donors (Lipinski definition) is 2. The van der Waals surface area contributed by atoms with Crippen LogP contribution in [0.2, 0.25) is 0 Å². The molecule has 0 aliphatic heterocycles. The molecule has 1 rings (SSSR count). The Morgan fingerprint density at radius 2 is 2.15 bits per heavy atom. The summed E-state index contributed by atoms with van der Waals surface area (Å²) in [7, 11) is -3.75. The molecule has 20 heavy (non-hydrogen) atoms. The van der Waals surface area contributed by atoms with E-state index in [1.807, 2.05) is 20.8 Å². The molecular weight excluding hydrogens is 294 g/mol. The second kappa shape index (κ2) is 6.85. The van der Waals surface area contributed by atoms with E-state index in [1.165, 1.54) is 0 Å². The van der Waals surface area contributed by atoms with E-state index < -0.39 is 16.1 Å². The molecule has 6 heteroatoms. The van der Waals surface area contributed by atoms with Crippen LogP contribution in [0.1, 0.15) is 45.1 Å². The van der Waals surface area contributed by atoms with E-state index in [4.69, 9.17) is 5.14 Å². The van der Waals surface area contributed by atoms with E-state index in [2.05, 4.69) is 6.58 Å². The van der Waals surface area contributed by atoms with Gasteiger partial charge in [-0.2, -0.15) is 0 Å². The van der Waals surface area contributed by atoms with Gasteiger partial charge in [0.05, 0.1) is 6.10 Å². The molecule has 0 fully saturated rings. The highest BCUT2D eigenvalue weighted by atomic mass is 32.2. The minimum absolute atomic E-state index is 0.152. The molecule has 114 valence electrons. The van der Waals surface area contributed by atoms with Crippen molar-refractivity contribution in [1.29, 1.82) is 0 Å². The monoisotopic (exact) mass is 317 g/mol. The summed E-state index contributed by atoms with van der Waals surface area (Å²) in [5.74, 6) is -0.101. The van der Waals surface area contributed by atoms with Crippen LogP contribution in [-0.4, -0.2) is 19.6 Å². The molecule has 0 saturated carbocycles. The van der Waals surface area contributed by atoms with Gasteiger partial charge in [-0.1, -0.05) is 25.8 Å². The van der Waals surface area contributed by atoms with Gasteiger partial charge in [0, 0.05) is 5.92 Å². The van der Waals surface area contributed by atoms with Gasteiger partial charge >= 0.3 is 0 Å². The zero-order chi connectivity index (χ0) is 15.5. The fraction of sp³-hybridized carbons (Fsp3) is 0.571. The van der Waals surface area contributed by atoms with E-state index in [-0.39, 0.29) is 16.0 Å². The standard InChI is InChI=1S/C14H23NO3S2/c1-5-10(4)13(12(16)8-9(2)3)11-6-7-19-14(11)20(15,17)18/h6-7,10,12-13,16H,2,5,8H2,1,3-4H3,(H2,15,17,18)/t10-,12-,13-/m0/s1. The average Bonchev–Trinajstić information content (AvgIpc) is 2.76. The Balaban J connectivity index is 3.25. The molecule has 0 radical (unpaired) electrons. The fourth-order valence-corrected chi connectivity index (χ4v) is 4.33. The number of thiophene rings is 1. The van der Waals surface area contributed by atoms with Crippen molar-refractivity contribution in [1.82, 2.24) is 0 Å². The van der Waals surface area contributed by atoms with Crippen LogP contribution < -0.4 is 5.14 Å². The van der Waals surface area contributed by atoms with E-state index in [1.54, 1.807) is 11.4 Å². The number of primary sulfonamides is 1. The van der Waals surface area contributed by atoms with Crippen LogP contribution in [0.15, 0.2) is 27.8 Å². The lowest BCUT2D eigenvalue weighted by atomic mass is 9.81. The third kappa shape index (κ3) is 4.15. The van der Waals surface area contributed by atoms with Crippen LogP contribution in [0, 0.1) is 5.92 Å². The smallest absolute Gasteiger partial charge is 0.247 e. The second-order valence-corrected chi connectivity index (χ2v) is 8.02. The average molecular weight is 317 g/mol. The van der Waals surface area contributed by atoms with Crippen LogP contribution >= 0.6 is 11.3 Å². The van der Waals surface area contributed by atoms with E-state index in [0.29, 0.717) is 12.0 Å². The highest BCUT2D eigenvalue weighted by Crippen LogP contribution is 2.38. The molecule has 3 atom stereocenters. The summed E-state index contributed by atoms with van der Waals surface area (Å²) in [4.78, 5) is 0. The molecule has 0 amide bonds. The van der Waals surface area contributed by atoms with Gasteiger partial charge in [0.25, 0.3) is 0 Å². The first kappa shape index (κ1) is 17.4. The molecular formula is C14H23NO3S2. The zero-order valence-electron chi connectivity index (χ0n) is 12.2. The van der Waals surface area contributed by atoms with Gasteiger partial charge in [-0.15, -0.1) is 17.9 Å². The van der Waals surface area contributed by atoms with Crippen LogP contribution in [0.4, 0.5) is 0 Å². The van der Waals surface area contributed by atoms with Crippen molar-refractivity contribution in [3.05, 3.63) is 29.2 Å².